The third-order valence-electron chi connectivity index (χ3n) is 5.14. The van der Waals surface area contributed by atoms with Crippen LogP contribution in [0, 0.1) is 0 Å². The van der Waals surface area contributed by atoms with E-state index in [4.69, 9.17) is 0 Å². The van der Waals surface area contributed by atoms with E-state index in [1.807, 2.05) is 24.3 Å². The number of thioether (sulfide) groups is 1. The number of fused-ring (bicyclic) bond motifs is 1. The topological polar surface area (TPSA) is 84.0 Å². The summed E-state index contributed by atoms with van der Waals surface area (Å²) < 4.78 is 0. The van der Waals surface area contributed by atoms with Crippen LogP contribution in [0.3, 0.4) is 0 Å². The summed E-state index contributed by atoms with van der Waals surface area (Å²) in [5.74, 6) is -0.250. The molecule has 2 heterocycles. The Hall–Kier alpha value is -2.41. The SMILES string of the molecule is O=C1NC(C(=O)NC2CCC(Sc3ncccn3)CC2)Cc2ccccc21. The molecule has 1 aromatic heterocycles. The number of hydrogen-bond donors (Lipinski definition) is 2. The Kier molecular flexibility index (Phi) is 5.38. The molecule has 0 spiro atoms. The Morgan fingerprint density at radius 1 is 1.07 bits per heavy atom. The smallest absolute Gasteiger partial charge is 0.252 e. The van der Waals surface area contributed by atoms with Crippen LogP contribution in [0.5, 0.6) is 0 Å². The molecule has 1 saturated carbocycles. The molecule has 1 atom stereocenters. The van der Waals surface area contributed by atoms with Gasteiger partial charge in [-0.05, 0) is 43.4 Å². The molecule has 0 bridgehead atoms. The maximum absolute atomic E-state index is 12.6. The minimum absolute atomic E-state index is 0.0830. The predicted molar refractivity (Wildman–Crippen MR) is 103 cm³/mol. The molecule has 1 aliphatic carbocycles. The second-order valence-electron chi connectivity index (χ2n) is 7.02. The molecule has 1 aromatic carbocycles. The lowest BCUT2D eigenvalue weighted by Crippen LogP contribution is -2.53. The third kappa shape index (κ3) is 4.30. The highest BCUT2D eigenvalue weighted by atomic mass is 32.2. The predicted octanol–water partition coefficient (Wildman–Crippen LogP) is 2.35. The van der Waals surface area contributed by atoms with E-state index in [1.165, 1.54) is 0 Å². The molecule has 6 nitrogen and oxygen atoms in total. The van der Waals surface area contributed by atoms with E-state index < -0.39 is 6.04 Å². The Balaban J connectivity index is 1.28. The highest BCUT2D eigenvalue weighted by Crippen LogP contribution is 2.31. The number of carbonyl (C=O) groups excluding carboxylic acids is 2. The van der Waals surface area contributed by atoms with Crippen molar-refractivity contribution in [1.82, 2.24) is 20.6 Å². The van der Waals surface area contributed by atoms with E-state index in [9.17, 15) is 9.59 Å². The van der Waals surface area contributed by atoms with Gasteiger partial charge < -0.3 is 10.6 Å². The van der Waals surface area contributed by atoms with Crippen molar-refractivity contribution in [3.63, 3.8) is 0 Å². The third-order valence-corrected chi connectivity index (χ3v) is 6.37. The van der Waals surface area contributed by atoms with Gasteiger partial charge in [-0.15, -0.1) is 0 Å². The first kappa shape index (κ1) is 18.0. The van der Waals surface area contributed by atoms with Gasteiger partial charge >= 0.3 is 0 Å². The van der Waals surface area contributed by atoms with Gasteiger partial charge in [0.2, 0.25) is 5.91 Å². The first-order chi connectivity index (χ1) is 13.2. The zero-order valence-electron chi connectivity index (χ0n) is 14.9. The van der Waals surface area contributed by atoms with Crippen LogP contribution in [0.15, 0.2) is 47.9 Å². The van der Waals surface area contributed by atoms with Crippen molar-refractivity contribution < 1.29 is 9.59 Å². The molecule has 2 aliphatic rings. The molecule has 0 radical (unpaired) electrons. The lowest BCUT2D eigenvalue weighted by molar-refractivity contribution is -0.124. The van der Waals surface area contributed by atoms with Crippen molar-refractivity contribution in [3.05, 3.63) is 53.9 Å². The molecule has 140 valence electrons. The van der Waals surface area contributed by atoms with E-state index >= 15 is 0 Å². The van der Waals surface area contributed by atoms with Crippen LogP contribution in [0.4, 0.5) is 0 Å². The largest absolute Gasteiger partial charge is 0.352 e. The molecule has 2 amide bonds. The van der Waals surface area contributed by atoms with Crippen LogP contribution in [-0.4, -0.2) is 39.1 Å². The van der Waals surface area contributed by atoms with Gasteiger partial charge in [0.1, 0.15) is 6.04 Å². The number of amides is 2. The van der Waals surface area contributed by atoms with Crippen LogP contribution in [0.1, 0.15) is 41.6 Å². The zero-order chi connectivity index (χ0) is 18.6. The standard InChI is InChI=1S/C20H22N4O2S/c25-18-16-5-2-1-4-13(16)12-17(24-18)19(26)23-14-6-8-15(9-7-14)27-20-21-10-3-11-22-20/h1-5,10-11,14-15,17H,6-9,12H2,(H,23,26)(H,24,25). The fourth-order valence-corrected chi connectivity index (χ4v) is 4.76. The molecule has 1 aliphatic heterocycles. The van der Waals surface area contributed by atoms with Gasteiger partial charge in [-0.1, -0.05) is 30.0 Å². The van der Waals surface area contributed by atoms with Crippen molar-refractivity contribution in [1.29, 1.82) is 0 Å². The first-order valence-electron chi connectivity index (χ1n) is 9.32. The Bertz CT molecular complexity index is 822. The number of aromatic nitrogens is 2. The monoisotopic (exact) mass is 382 g/mol. The van der Waals surface area contributed by atoms with Gasteiger partial charge in [0.05, 0.1) is 0 Å². The van der Waals surface area contributed by atoms with Crippen LogP contribution < -0.4 is 10.6 Å². The summed E-state index contributed by atoms with van der Waals surface area (Å²) in [5, 5.41) is 7.26. The van der Waals surface area contributed by atoms with Crippen molar-refractivity contribution in [2.75, 3.05) is 0 Å². The van der Waals surface area contributed by atoms with Gasteiger partial charge in [-0.2, -0.15) is 0 Å². The fraction of sp³-hybridized carbons (Fsp3) is 0.400. The average molecular weight is 382 g/mol. The minimum Gasteiger partial charge on any atom is -0.352 e. The van der Waals surface area contributed by atoms with Crippen molar-refractivity contribution >= 4 is 23.6 Å². The van der Waals surface area contributed by atoms with Crippen molar-refractivity contribution in [2.45, 2.75) is 54.6 Å². The molecule has 1 fully saturated rings. The molecule has 1 unspecified atom stereocenters. The van der Waals surface area contributed by atoms with Gasteiger partial charge in [-0.3, -0.25) is 9.59 Å². The number of nitrogens with zero attached hydrogens (tertiary/aromatic N) is 2. The van der Waals surface area contributed by atoms with E-state index in [2.05, 4.69) is 20.6 Å². The summed E-state index contributed by atoms with van der Waals surface area (Å²) in [7, 11) is 0. The highest BCUT2D eigenvalue weighted by Gasteiger charge is 2.31. The molecule has 27 heavy (non-hydrogen) atoms. The maximum Gasteiger partial charge on any atom is 0.252 e. The summed E-state index contributed by atoms with van der Waals surface area (Å²) in [5.41, 5.74) is 1.60. The number of hydrogen-bond acceptors (Lipinski definition) is 5. The maximum atomic E-state index is 12.6. The van der Waals surface area contributed by atoms with Gasteiger partial charge in [0.15, 0.2) is 5.16 Å². The molecular formula is C20H22N4O2S. The Morgan fingerprint density at radius 2 is 1.81 bits per heavy atom. The van der Waals surface area contributed by atoms with E-state index in [0.717, 1.165) is 36.4 Å². The molecule has 2 N–H and O–H groups in total. The zero-order valence-corrected chi connectivity index (χ0v) is 15.7. The molecule has 0 saturated heterocycles. The normalized spacial score (nSPS) is 24.6. The average Bonchev–Trinajstić information content (AvgIpc) is 2.70. The van der Waals surface area contributed by atoms with Crippen LogP contribution >= 0.6 is 11.8 Å². The summed E-state index contributed by atoms with van der Waals surface area (Å²) in [6.07, 6.45) is 7.99. The molecule has 2 aromatic rings. The van der Waals surface area contributed by atoms with E-state index in [0.29, 0.717) is 17.2 Å². The van der Waals surface area contributed by atoms with Crippen LogP contribution in [0.2, 0.25) is 0 Å². The van der Waals surface area contributed by atoms with Crippen molar-refractivity contribution in [3.8, 4) is 0 Å². The van der Waals surface area contributed by atoms with Gasteiger partial charge in [-0.25, -0.2) is 9.97 Å². The lowest BCUT2D eigenvalue weighted by atomic mass is 9.92. The van der Waals surface area contributed by atoms with Gasteiger partial charge in [0, 0.05) is 35.7 Å². The summed E-state index contributed by atoms with van der Waals surface area (Å²) in [4.78, 5) is 33.4. The van der Waals surface area contributed by atoms with Crippen LogP contribution in [-0.2, 0) is 11.2 Å². The summed E-state index contributed by atoms with van der Waals surface area (Å²) in [6, 6.07) is 8.96. The summed E-state index contributed by atoms with van der Waals surface area (Å²) in [6.45, 7) is 0. The van der Waals surface area contributed by atoms with Gasteiger partial charge in [0.25, 0.3) is 5.91 Å². The number of carbonyl (C=O) groups is 2. The highest BCUT2D eigenvalue weighted by molar-refractivity contribution is 7.99. The van der Waals surface area contributed by atoms with E-state index in [-0.39, 0.29) is 17.9 Å². The number of benzene rings is 1. The number of nitrogens with one attached hydrogen (secondary N) is 2. The minimum atomic E-state index is -0.489. The molecule has 4 rings (SSSR count). The fourth-order valence-electron chi connectivity index (χ4n) is 3.71. The summed E-state index contributed by atoms with van der Waals surface area (Å²) >= 11 is 1.71. The van der Waals surface area contributed by atoms with Crippen LogP contribution in [0.25, 0.3) is 0 Å². The second kappa shape index (κ2) is 8.08. The quantitative estimate of drug-likeness (QED) is 0.793. The Labute approximate surface area is 162 Å². The van der Waals surface area contributed by atoms with Crippen molar-refractivity contribution in [2.24, 2.45) is 0 Å². The molecular weight excluding hydrogens is 360 g/mol. The molecule has 7 heteroatoms. The van der Waals surface area contributed by atoms with E-state index in [1.54, 1.807) is 30.2 Å². The second-order valence-corrected chi connectivity index (χ2v) is 8.29. The first-order valence-corrected chi connectivity index (χ1v) is 10.2. The number of rotatable bonds is 4. The Morgan fingerprint density at radius 3 is 2.59 bits per heavy atom. The lowest BCUT2D eigenvalue weighted by Gasteiger charge is -2.31.